The van der Waals surface area contributed by atoms with Gasteiger partial charge < -0.3 is 36.4 Å². The summed E-state index contributed by atoms with van der Waals surface area (Å²) in [6.07, 6.45) is -0.802. The van der Waals surface area contributed by atoms with Gasteiger partial charge in [0.25, 0.3) is 0 Å². The maximum atomic E-state index is 13.6. The van der Waals surface area contributed by atoms with E-state index >= 15 is 0 Å². The summed E-state index contributed by atoms with van der Waals surface area (Å²) in [5.74, 6) is -9.29. The van der Waals surface area contributed by atoms with Crippen LogP contribution < -0.4 is 16.0 Å². The Hall–Kier alpha value is -2.42. The van der Waals surface area contributed by atoms with E-state index in [0.29, 0.717) is 19.3 Å². The summed E-state index contributed by atoms with van der Waals surface area (Å²) in [4.78, 5) is 78.3. The molecule has 0 heterocycles. The van der Waals surface area contributed by atoms with Crippen LogP contribution >= 0.6 is 0 Å². The number of hydrogen-bond donors (Lipinski definition) is 7. The van der Waals surface area contributed by atoms with Gasteiger partial charge in [-0.2, -0.15) is 0 Å². The minimum atomic E-state index is -3.61. The zero-order chi connectivity index (χ0) is 31.6. The van der Waals surface area contributed by atoms with E-state index in [1.807, 2.05) is 6.92 Å². The molecule has 40 heavy (non-hydrogen) atoms. The number of ketones is 5. The van der Waals surface area contributed by atoms with Crippen molar-refractivity contribution < 1.29 is 49.2 Å². The normalized spacial score (nSPS) is 19.2. The molecule has 0 radical (unpaired) electrons. The molecule has 0 aromatic rings. The lowest BCUT2D eigenvalue weighted by molar-refractivity contribution is -0.181. The molecule has 0 amide bonds. The molecule has 0 saturated heterocycles. The summed E-state index contributed by atoms with van der Waals surface area (Å²) in [6, 6.07) is -3.27. The van der Waals surface area contributed by atoms with Crippen molar-refractivity contribution in [3.63, 3.8) is 0 Å². The quantitative estimate of drug-likeness (QED) is 0.0814. The number of carbonyl (C=O) groups excluding carboxylic acids is 5. The number of aliphatic hydroxyl groups is 3. The summed E-state index contributed by atoms with van der Waals surface area (Å²) >= 11 is 0. The number of rotatable bonds is 21. The molecule has 13 heteroatoms. The van der Waals surface area contributed by atoms with E-state index in [2.05, 4.69) is 16.0 Å². The highest BCUT2D eigenvalue weighted by Gasteiger charge is 2.61. The van der Waals surface area contributed by atoms with E-state index in [1.165, 1.54) is 28.1 Å². The van der Waals surface area contributed by atoms with Crippen molar-refractivity contribution in [2.75, 3.05) is 21.1 Å². The second-order valence-electron chi connectivity index (χ2n) is 10.5. The van der Waals surface area contributed by atoms with Crippen LogP contribution in [-0.4, -0.2) is 111 Å². The standard InChI is InChI=1S/C27H47N3O10/c1-9-11-12-17(29-7)22(34)25(5,38)19(32)14-26(39,21(33)16(4)28-6)23(35)27(40,24(36)37)13-18(31)20(30-8)15(3)10-2/h15-17,20,28-30,38-40H,9-14H2,1-8H3,(H,36,37)/t15?,16-,17-,20-,25?,26?,27?/m1/s1. The molecule has 0 aliphatic carbocycles. The smallest absolute Gasteiger partial charge is 0.344 e. The molecule has 0 aromatic heterocycles. The lowest BCUT2D eigenvalue weighted by Crippen LogP contribution is -2.66. The lowest BCUT2D eigenvalue weighted by atomic mass is 9.72. The van der Waals surface area contributed by atoms with Gasteiger partial charge in [-0.25, -0.2) is 4.79 Å². The Morgan fingerprint density at radius 3 is 1.75 bits per heavy atom. The second kappa shape index (κ2) is 15.5. The van der Waals surface area contributed by atoms with Gasteiger partial charge in [0.2, 0.25) is 11.4 Å². The van der Waals surface area contributed by atoms with Gasteiger partial charge in [-0.05, 0) is 47.3 Å². The number of carboxylic acid groups (broad SMARTS) is 1. The summed E-state index contributed by atoms with van der Waals surface area (Å²) in [5.41, 5.74) is -9.91. The van der Waals surface area contributed by atoms with Gasteiger partial charge in [-0.15, -0.1) is 0 Å². The van der Waals surface area contributed by atoms with Gasteiger partial charge in [0, 0.05) is 0 Å². The Labute approximate surface area is 235 Å². The van der Waals surface area contributed by atoms with Gasteiger partial charge >= 0.3 is 5.97 Å². The van der Waals surface area contributed by atoms with Crippen LogP contribution in [0.15, 0.2) is 0 Å². The molecule has 0 fully saturated rings. The summed E-state index contributed by atoms with van der Waals surface area (Å²) in [6.45, 7) is 7.39. The fraction of sp³-hybridized carbons (Fsp3) is 0.778. The predicted octanol–water partition coefficient (Wildman–Crippen LogP) is -1.07. The van der Waals surface area contributed by atoms with Gasteiger partial charge in [-0.3, -0.25) is 24.0 Å². The van der Waals surface area contributed by atoms with Crippen molar-refractivity contribution >= 4 is 34.9 Å². The monoisotopic (exact) mass is 573 g/mol. The number of aliphatic carboxylic acids is 1. The van der Waals surface area contributed by atoms with Gasteiger partial charge in [-0.1, -0.05) is 40.0 Å². The van der Waals surface area contributed by atoms with Crippen molar-refractivity contribution in [1.82, 2.24) is 16.0 Å². The molecule has 7 atom stereocenters. The first-order chi connectivity index (χ1) is 18.4. The van der Waals surface area contributed by atoms with Crippen LogP contribution in [0.2, 0.25) is 0 Å². The van der Waals surface area contributed by atoms with Gasteiger partial charge in [0.05, 0.1) is 31.0 Å². The fourth-order valence-electron chi connectivity index (χ4n) is 4.42. The Bertz CT molecular complexity index is 953. The molecule has 230 valence electrons. The third kappa shape index (κ3) is 8.30. The van der Waals surface area contributed by atoms with Gasteiger partial charge in [0.1, 0.15) is 0 Å². The molecule has 0 spiro atoms. The molecule has 0 bridgehead atoms. The zero-order valence-electron chi connectivity index (χ0n) is 24.8. The van der Waals surface area contributed by atoms with Crippen molar-refractivity contribution in [1.29, 1.82) is 0 Å². The Kier molecular flexibility index (Phi) is 14.6. The Balaban J connectivity index is 6.71. The molecule has 0 aliphatic heterocycles. The third-order valence-electron chi connectivity index (χ3n) is 7.59. The van der Waals surface area contributed by atoms with E-state index in [1.54, 1.807) is 13.8 Å². The molecular formula is C27H47N3O10. The summed E-state index contributed by atoms with van der Waals surface area (Å²) < 4.78 is 0. The molecule has 0 aromatic carbocycles. The van der Waals surface area contributed by atoms with E-state index in [4.69, 9.17) is 0 Å². The van der Waals surface area contributed by atoms with Crippen LogP contribution in [0.3, 0.4) is 0 Å². The highest BCUT2D eigenvalue weighted by Crippen LogP contribution is 2.30. The van der Waals surface area contributed by atoms with E-state index in [0.717, 1.165) is 6.92 Å². The molecule has 7 N–H and O–H groups in total. The van der Waals surface area contributed by atoms with Crippen LogP contribution in [0, 0.1) is 5.92 Å². The number of carbonyl (C=O) groups is 6. The number of unbranched alkanes of at least 4 members (excludes halogenated alkanes) is 1. The lowest BCUT2D eigenvalue weighted by Gasteiger charge is -2.35. The van der Waals surface area contributed by atoms with Crippen molar-refractivity contribution in [2.24, 2.45) is 5.92 Å². The number of likely N-dealkylation sites (N-methyl/N-ethyl adjacent to an activating group) is 3. The molecule has 4 unspecified atom stereocenters. The first-order valence-electron chi connectivity index (χ1n) is 13.5. The van der Waals surface area contributed by atoms with Crippen molar-refractivity contribution in [2.45, 2.75) is 108 Å². The zero-order valence-corrected chi connectivity index (χ0v) is 24.8. The summed E-state index contributed by atoms with van der Waals surface area (Å²) in [7, 11) is 4.16. The number of hydrogen-bond acceptors (Lipinski definition) is 12. The first kappa shape index (κ1) is 37.6. The number of carboxylic acids is 1. The highest BCUT2D eigenvalue weighted by molar-refractivity contribution is 6.25. The second-order valence-corrected chi connectivity index (χ2v) is 10.5. The van der Waals surface area contributed by atoms with E-state index < -0.39 is 82.7 Å². The Morgan fingerprint density at radius 2 is 1.35 bits per heavy atom. The average Bonchev–Trinajstić information content (AvgIpc) is 2.91. The van der Waals surface area contributed by atoms with Crippen molar-refractivity contribution in [3.8, 4) is 0 Å². The largest absolute Gasteiger partial charge is 0.479 e. The third-order valence-corrected chi connectivity index (χ3v) is 7.59. The topological polar surface area (TPSA) is 219 Å². The summed E-state index contributed by atoms with van der Waals surface area (Å²) in [5, 5.41) is 51.0. The first-order valence-corrected chi connectivity index (χ1v) is 13.5. The van der Waals surface area contributed by atoms with Gasteiger partial charge in [0.15, 0.2) is 34.3 Å². The molecule has 0 saturated carbocycles. The molecule has 0 aliphatic rings. The number of nitrogens with one attached hydrogen (secondary N) is 3. The van der Waals surface area contributed by atoms with E-state index in [-0.39, 0.29) is 12.3 Å². The van der Waals surface area contributed by atoms with Crippen LogP contribution in [0.1, 0.15) is 73.1 Å². The predicted molar refractivity (Wildman–Crippen MR) is 146 cm³/mol. The average molecular weight is 574 g/mol. The van der Waals surface area contributed by atoms with Crippen LogP contribution in [0.5, 0.6) is 0 Å². The SMILES string of the molecule is CCCC[C@@H](NC)C(=O)C(C)(O)C(=O)CC(O)(C(=O)[C@@H](C)NC)C(=O)C(O)(CC(=O)[C@H](NC)C(C)CC)C(=O)O. The number of Topliss-reactive ketones (excluding diaryl/α,β-unsaturated/α-hetero) is 5. The molecular weight excluding hydrogens is 526 g/mol. The van der Waals surface area contributed by atoms with E-state index in [9.17, 15) is 49.2 Å². The Morgan fingerprint density at radius 1 is 0.800 bits per heavy atom. The molecule has 0 rings (SSSR count). The fourth-order valence-corrected chi connectivity index (χ4v) is 4.42. The minimum absolute atomic E-state index is 0.262. The van der Waals surface area contributed by atoms with Crippen LogP contribution in [0.25, 0.3) is 0 Å². The van der Waals surface area contributed by atoms with Crippen LogP contribution in [0.4, 0.5) is 0 Å². The van der Waals surface area contributed by atoms with Crippen LogP contribution in [-0.2, 0) is 28.8 Å². The maximum absolute atomic E-state index is 13.6. The highest BCUT2D eigenvalue weighted by atomic mass is 16.4. The minimum Gasteiger partial charge on any atom is -0.479 e. The maximum Gasteiger partial charge on any atom is 0.344 e. The van der Waals surface area contributed by atoms with Crippen molar-refractivity contribution in [3.05, 3.63) is 0 Å². The molecule has 13 nitrogen and oxygen atoms in total.